The molecule has 0 saturated carbocycles. The van der Waals surface area contributed by atoms with Crippen molar-refractivity contribution in [3.05, 3.63) is 30.1 Å². The maximum atomic E-state index is 11.4. The fourth-order valence-electron chi connectivity index (χ4n) is 0.770. The van der Waals surface area contributed by atoms with Gasteiger partial charge in [-0.25, -0.2) is 4.79 Å². The molecular formula is C8H7F2NO3. The first-order valence-electron chi connectivity index (χ1n) is 3.72. The lowest BCUT2D eigenvalue weighted by Crippen LogP contribution is -2.11. The first-order chi connectivity index (χ1) is 6.68. The fourth-order valence-corrected chi connectivity index (χ4v) is 0.770. The number of aromatic nitrogens is 1. The molecule has 0 fully saturated rings. The summed E-state index contributed by atoms with van der Waals surface area (Å²) in [5.41, 5.74) is 0.426. The van der Waals surface area contributed by atoms with Crippen LogP contribution in [0.1, 0.15) is 5.69 Å². The summed E-state index contributed by atoms with van der Waals surface area (Å²) in [7, 11) is 0. The number of alkyl halides is 2. The molecule has 1 heterocycles. The van der Waals surface area contributed by atoms with Gasteiger partial charge in [-0.05, 0) is 12.1 Å². The van der Waals surface area contributed by atoms with Crippen LogP contribution in [0.5, 0.6) is 0 Å². The minimum atomic E-state index is -3.12. The number of pyridine rings is 1. The van der Waals surface area contributed by atoms with E-state index in [-0.39, 0.29) is 6.42 Å². The third kappa shape index (κ3) is 3.90. The average molecular weight is 203 g/mol. The number of rotatable bonds is 4. The number of nitrogens with zero attached hydrogens (tertiary/aromatic N) is 1. The second-order valence-corrected chi connectivity index (χ2v) is 2.31. The number of hydrogen-bond acceptors (Lipinski definition) is 4. The Kier molecular flexibility index (Phi) is 3.93. The summed E-state index contributed by atoms with van der Waals surface area (Å²) < 4.78 is 22.8. The van der Waals surface area contributed by atoms with Crippen LogP contribution in [0.25, 0.3) is 0 Å². The Balaban J connectivity index is 2.35. The zero-order valence-electron chi connectivity index (χ0n) is 7.02. The van der Waals surface area contributed by atoms with Gasteiger partial charge in [-0.3, -0.25) is 9.87 Å². The average Bonchev–Trinajstić information content (AvgIpc) is 2.16. The second-order valence-electron chi connectivity index (χ2n) is 2.31. The highest BCUT2D eigenvalue weighted by molar-refractivity contribution is 5.71. The van der Waals surface area contributed by atoms with Gasteiger partial charge in [0.2, 0.25) is 0 Å². The molecule has 76 valence electrons. The molecule has 0 unspecified atom stereocenters. The molecule has 6 heteroatoms. The van der Waals surface area contributed by atoms with Crippen LogP contribution in [0.2, 0.25) is 0 Å². The van der Waals surface area contributed by atoms with Gasteiger partial charge in [-0.1, -0.05) is 6.07 Å². The fraction of sp³-hybridized carbons (Fsp3) is 0.250. The Labute approximate surface area is 78.4 Å². The van der Waals surface area contributed by atoms with Gasteiger partial charge in [0, 0.05) is 6.20 Å². The summed E-state index contributed by atoms with van der Waals surface area (Å²) in [6, 6.07) is 4.91. The molecule has 0 aliphatic carbocycles. The summed E-state index contributed by atoms with van der Waals surface area (Å²) in [6.07, 6.45) is 1.28. The maximum absolute atomic E-state index is 11.4. The zero-order chi connectivity index (χ0) is 10.4. The smallest absolute Gasteiger partial charge is 0.292 e. The predicted octanol–water partition coefficient (Wildman–Crippen LogP) is 1.32. The van der Waals surface area contributed by atoms with E-state index in [0.717, 1.165) is 0 Å². The van der Waals surface area contributed by atoms with Gasteiger partial charge >= 0.3 is 12.6 Å². The van der Waals surface area contributed by atoms with Crippen LogP contribution in [-0.2, 0) is 21.0 Å². The molecule has 0 aromatic carbocycles. The Morgan fingerprint density at radius 1 is 1.50 bits per heavy atom. The van der Waals surface area contributed by atoms with Gasteiger partial charge in [0.25, 0.3) is 0 Å². The highest BCUT2D eigenvalue weighted by Crippen LogP contribution is 2.00. The van der Waals surface area contributed by atoms with Gasteiger partial charge in [0.05, 0.1) is 12.1 Å². The van der Waals surface area contributed by atoms with Crippen molar-refractivity contribution < 1.29 is 23.4 Å². The SMILES string of the molecule is O=C(Cc1ccccn1)OOC(F)F. The molecule has 0 atom stereocenters. The Hall–Kier alpha value is -1.56. The van der Waals surface area contributed by atoms with Gasteiger partial charge in [0.1, 0.15) is 0 Å². The topological polar surface area (TPSA) is 48.4 Å². The van der Waals surface area contributed by atoms with Crippen molar-refractivity contribution in [2.24, 2.45) is 0 Å². The molecule has 0 saturated heterocycles. The predicted molar refractivity (Wildman–Crippen MR) is 41.1 cm³/mol. The first kappa shape index (κ1) is 10.5. The van der Waals surface area contributed by atoms with Crippen LogP contribution < -0.4 is 0 Å². The Bertz CT molecular complexity index is 292. The lowest BCUT2D eigenvalue weighted by molar-refractivity contribution is -0.356. The third-order valence-corrected chi connectivity index (χ3v) is 1.27. The maximum Gasteiger partial charge on any atom is 0.381 e. The van der Waals surface area contributed by atoms with Crippen molar-refractivity contribution >= 4 is 5.97 Å². The molecular weight excluding hydrogens is 196 g/mol. The van der Waals surface area contributed by atoms with Crippen molar-refractivity contribution in [2.45, 2.75) is 13.0 Å². The van der Waals surface area contributed by atoms with Crippen LogP contribution in [0, 0.1) is 0 Å². The molecule has 0 amide bonds. The lowest BCUT2D eigenvalue weighted by Gasteiger charge is -2.01. The van der Waals surface area contributed by atoms with Crippen molar-refractivity contribution in [1.82, 2.24) is 4.98 Å². The van der Waals surface area contributed by atoms with E-state index < -0.39 is 12.6 Å². The van der Waals surface area contributed by atoms with Crippen LogP contribution in [0.3, 0.4) is 0 Å². The molecule has 14 heavy (non-hydrogen) atoms. The van der Waals surface area contributed by atoms with Crippen LogP contribution in [0.4, 0.5) is 8.78 Å². The summed E-state index contributed by atoms with van der Waals surface area (Å²) in [5, 5.41) is 0. The molecule has 4 nitrogen and oxygen atoms in total. The zero-order valence-corrected chi connectivity index (χ0v) is 7.02. The molecule has 0 N–H and O–H groups in total. The van der Waals surface area contributed by atoms with Crippen LogP contribution in [-0.4, -0.2) is 17.6 Å². The summed E-state index contributed by atoms with van der Waals surface area (Å²) in [6.45, 7) is -3.12. The van der Waals surface area contributed by atoms with Crippen molar-refractivity contribution in [2.75, 3.05) is 0 Å². The largest absolute Gasteiger partial charge is 0.381 e. The van der Waals surface area contributed by atoms with E-state index in [1.165, 1.54) is 6.20 Å². The highest BCUT2D eigenvalue weighted by Gasteiger charge is 2.10. The first-order valence-corrected chi connectivity index (χ1v) is 3.72. The molecule has 0 radical (unpaired) electrons. The number of hydrogen-bond donors (Lipinski definition) is 0. The minimum Gasteiger partial charge on any atom is -0.292 e. The summed E-state index contributed by atoms with van der Waals surface area (Å²) in [5.74, 6) is -0.913. The second kappa shape index (κ2) is 5.23. The Morgan fingerprint density at radius 2 is 2.29 bits per heavy atom. The van der Waals surface area contributed by atoms with E-state index in [0.29, 0.717) is 5.69 Å². The van der Waals surface area contributed by atoms with Gasteiger partial charge in [0.15, 0.2) is 0 Å². The van der Waals surface area contributed by atoms with E-state index in [1.54, 1.807) is 18.2 Å². The number of halogens is 2. The summed E-state index contributed by atoms with van der Waals surface area (Å²) in [4.78, 5) is 21.7. The van der Waals surface area contributed by atoms with E-state index in [4.69, 9.17) is 0 Å². The molecule has 0 bridgehead atoms. The lowest BCUT2D eigenvalue weighted by atomic mass is 10.3. The van der Waals surface area contributed by atoms with Gasteiger partial charge < -0.3 is 0 Å². The highest BCUT2D eigenvalue weighted by atomic mass is 19.3. The number of carbonyl (C=O) groups is 1. The molecule has 0 spiro atoms. The van der Waals surface area contributed by atoms with Crippen molar-refractivity contribution in [3.8, 4) is 0 Å². The van der Waals surface area contributed by atoms with Gasteiger partial charge in [-0.2, -0.15) is 8.78 Å². The summed E-state index contributed by atoms with van der Waals surface area (Å²) >= 11 is 0. The standard InChI is InChI=1S/C8H7F2NO3/c9-8(10)14-13-7(12)5-6-3-1-2-4-11-6/h1-4,8H,5H2. The molecule has 1 aromatic rings. The Morgan fingerprint density at radius 3 is 2.86 bits per heavy atom. The normalized spacial score (nSPS) is 10.2. The van der Waals surface area contributed by atoms with E-state index in [9.17, 15) is 13.6 Å². The minimum absolute atomic E-state index is 0.201. The molecule has 0 aliphatic heterocycles. The van der Waals surface area contributed by atoms with Crippen molar-refractivity contribution in [1.29, 1.82) is 0 Å². The van der Waals surface area contributed by atoms with E-state index >= 15 is 0 Å². The van der Waals surface area contributed by atoms with E-state index in [1.807, 2.05) is 0 Å². The third-order valence-electron chi connectivity index (χ3n) is 1.27. The quantitative estimate of drug-likeness (QED) is 0.547. The van der Waals surface area contributed by atoms with Crippen LogP contribution in [0.15, 0.2) is 24.4 Å². The van der Waals surface area contributed by atoms with Crippen LogP contribution >= 0.6 is 0 Å². The van der Waals surface area contributed by atoms with Gasteiger partial charge in [-0.15, -0.1) is 4.89 Å². The molecule has 1 rings (SSSR count). The monoisotopic (exact) mass is 203 g/mol. The van der Waals surface area contributed by atoms with Crippen molar-refractivity contribution in [3.63, 3.8) is 0 Å². The molecule has 1 aromatic heterocycles. The van der Waals surface area contributed by atoms with E-state index in [2.05, 4.69) is 14.8 Å². The molecule has 0 aliphatic rings. The number of carbonyl (C=O) groups excluding carboxylic acids is 1.